The van der Waals surface area contributed by atoms with E-state index < -0.39 is 158 Å². The molecule has 0 aliphatic rings. The maximum absolute atomic E-state index is 14.0. The lowest BCUT2D eigenvalue weighted by molar-refractivity contribution is -0.142. The van der Waals surface area contributed by atoms with Crippen LogP contribution in [-0.4, -0.2) is 159 Å². The number of carbonyl (C=O) groups excluding carboxylic acids is 10. The SMILES string of the molecule is CC(=O)N[C@@H](CC(C)C)C(=O)N[C@@H](CCC(=O)O)C(=O)N[C@@H](CC(C)C)C(=O)N[C@@H](CC(=O)O)C(=O)N[C@@H](CN)C(=O)N[C@@H](Cc1c[nH]c2ccccc12)C(=O)N[C@@H](C)C(=O)N[C@@H](CO)C(=O)N[C@@H](CC(C)C)C(N)=O. The number of para-hydroxylation sites is 1. The molecule has 0 fully saturated rings. The number of carboxylic acid groups (broad SMARTS) is 2. The fourth-order valence-corrected chi connectivity index (χ4v) is 7.75. The van der Waals surface area contributed by atoms with Crippen LogP contribution < -0.4 is 59.3 Å². The summed E-state index contributed by atoms with van der Waals surface area (Å²) in [5.74, 6) is -12.7. The molecule has 1 aromatic heterocycles. The summed E-state index contributed by atoms with van der Waals surface area (Å²) in [5, 5.41) is 51.5. The molecule has 0 unspecified atom stereocenters. The summed E-state index contributed by atoms with van der Waals surface area (Å²) in [6.45, 7) is 11.4. The number of hydrogen-bond acceptors (Lipinski definition) is 14. The monoisotopic (exact) mass is 1070 g/mol. The molecule has 1 heterocycles. The summed E-state index contributed by atoms with van der Waals surface area (Å²) in [4.78, 5) is 160. The quantitative estimate of drug-likeness (QED) is 0.0339. The zero-order chi connectivity index (χ0) is 57.6. The van der Waals surface area contributed by atoms with Crippen LogP contribution in [0.5, 0.6) is 0 Å². The zero-order valence-corrected chi connectivity index (χ0v) is 44.1. The van der Waals surface area contributed by atoms with Crippen LogP contribution in [-0.2, 0) is 64.0 Å². The molecular weight excluding hydrogens is 997 g/mol. The van der Waals surface area contributed by atoms with Crippen molar-refractivity contribution >= 4 is 81.9 Å². The van der Waals surface area contributed by atoms with Gasteiger partial charge >= 0.3 is 11.9 Å². The summed E-state index contributed by atoms with van der Waals surface area (Å²) in [6.07, 6.45) is -0.496. The first kappa shape index (κ1) is 64.4. The molecule has 27 heteroatoms. The molecule has 76 heavy (non-hydrogen) atoms. The highest BCUT2D eigenvalue weighted by molar-refractivity contribution is 5.99. The number of aliphatic carboxylic acids is 2. The zero-order valence-electron chi connectivity index (χ0n) is 44.1. The number of aliphatic hydroxyl groups is 1. The van der Waals surface area contributed by atoms with Crippen molar-refractivity contribution in [1.82, 2.24) is 52.8 Å². The molecule has 0 saturated carbocycles. The maximum atomic E-state index is 14.0. The van der Waals surface area contributed by atoms with E-state index in [9.17, 15) is 72.9 Å². The molecule has 0 aliphatic carbocycles. The largest absolute Gasteiger partial charge is 0.481 e. The van der Waals surface area contributed by atoms with E-state index in [0.717, 1.165) is 0 Å². The Morgan fingerprint density at radius 1 is 0.526 bits per heavy atom. The van der Waals surface area contributed by atoms with Crippen molar-refractivity contribution in [3.05, 3.63) is 36.0 Å². The van der Waals surface area contributed by atoms with Crippen molar-refractivity contribution in [3.8, 4) is 0 Å². The van der Waals surface area contributed by atoms with Gasteiger partial charge in [0.1, 0.15) is 54.4 Å². The molecule has 0 aliphatic heterocycles. The molecule has 422 valence electrons. The molecule has 0 bridgehead atoms. The van der Waals surface area contributed by atoms with Crippen LogP contribution in [0.15, 0.2) is 30.5 Å². The first-order valence-corrected chi connectivity index (χ1v) is 24.9. The van der Waals surface area contributed by atoms with E-state index in [1.165, 1.54) is 13.8 Å². The second kappa shape index (κ2) is 31.3. The number of aromatic nitrogens is 1. The summed E-state index contributed by atoms with van der Waals surface area (Å²) < 4.78 is 0. The summed E-state index contributed by atoms with van der Waals surface area (Å²) >= 11 is 0. The molecule has 9 atom stereocenters. The maximum Gasteiger partial charge on any atom is 0.305 e. The van der Waals surface area contributed by atoms with Crippen LogP contribution in [0.4, 0.5) is 0 Å². The number of aliphatic hydroxyl groups excluding tert-OH is 1. The van der Waals surface area contributed by atoms with Crippen molar-refractivity contribution in [2.45, 2.75) is 155 Å². The van der Waals surface area contributed by atoms with Crippen molar-refractivity contribution in [1.29, 1.82) is 0 Å². The summed E-state index contributed by atoms with van der Waals surface area (Å²) in [7, 11) is 0. The highest BCUT2D eigenvalue weighted by atomic mass is 16.4. The lowest BCUT2D eigenvalue weighted by Crippen LogP contribution is -2.62. The number of carboxylic acids is 2. The minimum Gasteiger partial charge on any atom is -0.481 e. The number of hydrogen-bond donors (Lipinski definition) is 15. The average Bonchev–Trinajstić information content (AvgIpc) is 3.73. The summed E-state index contributed by atoms with van der Waals surface area (Å²) in [6, 6.07) is -6.36. The minimum atomic E-state index is -1.92. The van der Waals surface area contributed by atoms with E-state index in [1.807, 2.05) is 0 Å². The van der Waals surface area contributed by atoms with Crippen LogP contribution in [0, 0.1) is 17.8 Å². The van der Waals surface area contributed by atoms with Crippen LogP contribution in [0.2, 0.25) is 0 Å². The predicted molar refractivity (Wildman–Crippen MR) is 274 cm³/mol. The standard InChI is InChI=1S/C49H76N12O15/c1-23(2)15-32(41(51)68)56-49(76)38(22-62)61-42(69)26(7)53-44(71)35(18-28-21-52-30-12-10-9-11-29(28)30)58-48(75)37(20-50)60-47(74)36(19-40(66)67)59-46(73)34(17-25(5)6)57-43(70)31(13-14-39(64)65)55-45(72)33(16-24(3)4)54-27(8)63/h9-12,21,23-26,31-38,52,62H,13-20,22,50H2,1-8H3,(H2,51,68)(H,53,71)(H,54,63)(H,55,72)(H,56,76)(H,57,70)(H,58,75)(H,59,73)(H,60,74)(H,61,69)(H,64,65)(H,66,67)/t26-,31-,32-,33-,34-,35-,36-,37-,38-/m0/s1. The van der Waals surface area contributed by atoms with Gasteiger partial charge in [-0.25, -0.2) is 0 Å². The Balaban J connectivity index is 2.39. The van der Waals surface area contributed by atoms with Crippen LogP contribution >= 0.6 is 0 Å². The Bertz CT molecular complexity index is 2390. The van der Waals surface area contributed by atoms with Gasteiger partial charge in [0.2, 0.25) is 59.1 Å². The Morgan fingerprint density at radius 3 is 1.49 bits per heavy atom. The topological polar surface area (TPSA) is 442 Å². The van der Waals surface area contributed by atoms with Crippen molar-refractivity contribution in [2.75, 3.05) is 13.2 Å². The number of aromatic amines is 1. The van der Waals surface area contributed by atoms with Gasteiger partial charge in [0.05, 0.1) is 13.0 Å². The van der Waals surface area contributed by atoms with Crippen molar-refractivity contribution in [2.24, 2.45) is 29.2 Å². The van der Waals surface area contributed by atoms with Gasteiger partial charge in [0, 0.05) is 43.4 Å². The van der Waals surface area contributed by atoms with E-state index in [1.54, 1.807) is 72.0 Å². The molecule has 2 rings (SSSR count). The van der Waals surface area contributed by atoms with Gasteiger partial charge < -0.3 is 79.6 Å². The Hall–Kier alpha value is -7.68. The second-order valence-electron chi connectivity index (χ2n) is 19.7. The Kier molecular flexibility index (Phi) is 26.5. The molecule has 1 aromatic carbocycles. The van der Waals surface area contributed by atoms with Gasteiger partial charge in [0.25, 0.3) is 0 Å². The lowest BCUT2D eigenvalue weighted by atomic mass is 10.0. The van der Waals surface area contributed by atoms with Gasteiger partial charge in [-0.1, -0.05) is 59.7 Å². The minimum absolute atomic E-state index is 0.0564. The number of H-pyrrole nitrogens is 1. The summed E-state index contributed by atoms with van der Waals surface area (Å²) in [5.41, 5.74) is 12.6. The molecular formula is C49H76N12O15. The van der Waals surface area contributed by atoms with Gasteiger partial charge in [-0.05, 0) is 62.0 Å². The fourth-order valence-electron chi connectivity index (χ4n) is 7.75. The highest BCUT2D eigenvalue weighted by Gasteiger charge is 2.36. The molecule has 27 nitrogen and oxygen atoms in total. The smallest absolute Gasteiger partial charge is 0.305 e. The number of nitrogens with two attached hydrogens (primary N) is 2. The van der Waals surface area contributed by atoms with Crippen LogP contribution in [0.3, 0.4) is 0 Å². The van der Waals surface area contributed by atoms with Crippen molar-refractivity contribution < 1.29 is 72.9 Å². The molecule has 10 amide bonds. The number of primary amides is 1. The molecule has 0 radical (unpaired) electrons. The number of carbonyl (C=O) groups is 12. The number of benzene rings is 1. The van der Waals surface area contributed by atoms with E-state index in [4.69, 9.17) is 11.5 Å². The number of nitrogens with one attached hydrogen (secondary N) is 10. The van der Waals surface area contributed by atoms with E-state index in [2.05, 4.69) is 52.8 Å². The molecule has 2 aromatic rings. The molecule has 0 saturated heterocycles. The normalized spacial score (nSPS) is 14.8. The van der Waals surface area contributed by atoms with Gasteiger partial charge in [-0.2, -0.15) is 0 Å². The number of fused-ring (bicyclic) bond motifs is 1. The van der Waals surface area contributed by atoms with Crippen molar-refractivity contribution in [3.63, 3.8) is 0 Å². The predicted octanol–water partition coefficient (Wildman–Crippen LogP) is -2.97. The lowest BCUT2D eigenvalue weighted by Gasteiger charge is -2.28. The first-order valence-electron chi connectivity index (χ1n) is 24.9. The molecule has 17 N–H and O–H groups in total. The van der Waals surface area contributed by atoms with Gasteiger partial charge in [-0.15, -0.1) is 0 Å². The average molecular weight is 1070 g/mol. The van der Waals surface area contributed by atoms with Gasteiger partial charge in [0.15, 0.2) is 0 Å². The van der Waals surface area contributed by atoms with Crippen LogP contribution in [0.1, 0.15) is 99.5 Å². The van der Waals surface area contributed by atoms with Crippen LogP contribution in [0.25, 0.3) is 10.9 Å². The molecule has 0 spiro atoms. The third-order valence-corrected chi connectivity index (χ3v) is 11.6. The highest BCUT2D eigenvalue weighted by Crippen LogP contribution is 2.20. The Morgan fingerprint density at radius 2 is 0.961 bits per heavy atom. The third kappa shape index (κ3) is 22.0. The Labute approximate surface area is 439 Å². The number of amides is 10. The van der Waals surface area contributed by atoms with E-state index in [0.29, 0.717) is 16.5 Å². The fraction of sp³-hybridized carbons (Fsp3) is 0.592. The van der Waals surface area contributed by atoms with E-state index in [-0.39, 0.29) is 43.4 Å². The second-order valence-corrected chi connectivity index (χ2v) is 19.7. The number of rotatable bonds is 33. The van der Waals surface area contributed by atoms with E-state index >= 15 is 0 Å². The van der Waals surface area contributed by atoms with Gasteiger partial charge in [-0.3, -0.25) is 57.5 Å². The third-order valence-electron chi connectivity index (χ3n) is 11.6. The first-order chi connectivity index (χ1) is 35.6.